The number of rotatable bonds is 7. The van der Waals surface area contributed by atoms with Crippen LogP contribution in [0.25, 0.3) is 0 Å². The van der Waals surface area contributed by atoms with Crippen LogP contribution in [0.4, 0.5) is 10.5 Å². The summed E-state index contributed by atoms with van der Waals surface area (Å²) in [6.45, 7) is 0.914. The number of nitrogens with one attached hydrogen (secondary N) is 2. The van der Waals surface area contributed by atoms with E-state index in [0.29, 0.717) is 37.0 Å². The second-order valence-corrected chi connectivity index (χ2v) is 8.33. The van der Waals surface area contributed by atoms with Crippen molar-refractivity contribution in [2.24, 2.45) is 5.92 Å². The van der Waals surface area contributed by atoms with Gasteiger partial charge in [0.15, 0.2) is 0 Å². The highest BCUT2D eigenvalue weighted by molar-refractivity contribution is 6.01. The number of urea groups is 1. The van der Waals surface area contributed by atoms with Gasteiger partial charge in [0.2, 0.25) is 11.8 Å². The van der Waals surface area contributed by atoms with Crippen LogP contribution in [0.15, 0.2) is 24.3 Å². The van der Waals surface area contributed by atoms with Crippen molar-refractivity contribution in [3.63, 3.8) is 0 Å². The number of anilines is 1. The van der Waals surface area contributed by atoms with E-state index in [1.807, 2.05) is 12.1 Å². The molecule has 0 aromatic heterocycles. The van der Waals surface area contributed by atoms with Crippen molar-refractivity contribution in [2.75, 3.05) is 26.0 Å². The fraction of sp³-hybridized carbons (Fsp3) is 0.591. The second kappa shape index (κ2) is 9.87. The summed E-state index contributed by atoms with van der Waals surface area (Å²) in [6, 6.07) is 7.39. The van der Waals surface area contributed by atoms with Gasteiger partial charge in [0.1, 0.15) is 0 Å². The van der Waals surface area contributed by atoms with E-state index in [-0.39, 0.29) is 24.4 Å². The number of nitrogens with zero attached hydrogens (tertiary/aromatic N) is 2. The van der Waals surface area contributed by atoms with Crippen molar-refractivity contribution in [2.45, 2.75) is 57.5 Å². The molecule has 0 radical (unpaired) electrons. The zero-order chi connectivity index (χ0) is 20.8. The minimum absolute atomic E-state index is 0.120. The first-order valence-corrected chi connectivity index (χ1v) is 10.6. The number of hydrogen-bond acceptors (Lipinski definition) is 4. The molecule has 158 valence electrons. The largest absolute Gasteiger partial charge is 0.336 e. The molecule has 1 unspecified atom stereocenters. The average Bonchev–Trinajstić information content (AvgIpc) is 3.02. The lowest BCUT2D eigenvalue weighted by molar-refractivity contribution is -0.139. The van der Waals surface area contributed by atoms with Gasteiger partial charge in [-0.1, -0.05) is 31.4 Å². The van der Waals surface area contributed by atoms with Gasteiger partial charge in [-0.2, -0.15) is 0 Å². The number of likely N-dealkylation sites (N-methyl/N-ethyl adjacent to an activating group) is 1. The zero-order valence-corrected chi connectivity index (χ0v) is 17.4. The van der Waals surface area contributed by atoms with Crippen molar-refractivity contribution in [1.29, 1.82) is 0 Å². The van der Waals surface area contributed by atoms with Crippen molar-refractivity contribution in [3.8, 4) is 0 Å². The number of likely N-dealkylation sites (tertiary alicyclic amines) is 1. The van der Waals surface area contributed by atoms with E-state index >= 15 is 0 Å². The molecule has 2 N–H and O–H groups in total. The van der Waals surface area contributed by atoms with Gasteiger partial charge in [0, 0.05) is 31.1 Å². The quantitative estimate of drug-likeness (QED) is 0.690. The molecule has 7 nitrogen and oxygen atoms in total. The van der Waals surface area contributed by atoms with E-state index in [0.717, 1.165) is 5.56 Å². The Morgan fingerprint density at radius 1 is 1.07 bits per heavy atom. The van der Waals surface area contributed by atoms with Crippen molar-refractivity contribution >= 4 is 23.5 Å². The van der Waals surface area contributed by atoms with Crippen LogP contribution in [0, 0.1) is 5.92 Å². The summed E-state index contributed by atoms with van der Waals surface area (Å²) in [5.41, 5.74) is 1.55. The molecule has 0 bridgehead atoms. The Morgan fingerprint density at radius 3 is 2.28 bits per heavy atom. The summed E-state index contributed by atoms with van der Waals surface area (Å²) in [6.07, 6.45) is 6.94. The molecule has 1 saturated carbocycles. The van der Waals surface area contributed by atoms with E-state index < -0.39 is 0 Å². The minimum Gasteiger partial charge on any atom is -0.336 e. The number of carbonyl (C=O) groups excluding carboxylic acids is 3. The van der Waals surface area contributed by atoms with E-state index in [1.54, 1.807) is 12.1 Å². The smallest absolute Gasteiger partial charge is 0.319 e. The predicted molar refractivity (Wildman–Crippen MR) is 112 cm³/mol. The summed E-state index contributed by atoms with van der Waals surface area (Å²) >= 11 is 0. The maximum absolute atomic E-state index is 12.3. The van der Waals surface area contributed by atoms with Gasteiger partial charge >= 0.3 is 6.03 Å². The number of carbonyl (C=O) groups is 3. The normalized spacial score (nSPS) is 18.9. The summed E-state index contributed by atoms with van der Waals surface area (Å²) in [5, 5.41) is 5.87. The SMILES string of the molecule is CN(C)C(CNC(=O)Nc1ccc(CN2C(=O)CCC2=O)cc1)C1CCCCC1. The third-order valence-electron chi connectivity index (χ3n) is 6.04. The standard InChI is InChI=1S/C22H32N4O3/c1-25(2)19(17-6-4-3-5-7-17)14-23-22(29)24-18-10-8-16(9-11-18)15-26-20(27)12-13-21(26)28/h8-11,17,19H,3-7,12-15H2,1-2H3,(H2,23,24,29). The first-order valence-electron chi connectivity index (χ1n) is 10.6. The Labute approximate surface area is 172 Å². The van der Waals surface area contributed by atoms with Crippen LogP contribution in [0.1, 0.15) is 50.5 Å². The molecule has 1 aliphatic carbocycles. The fourth-order valence-electron chi connectivity index (χ4n) is 4.34. The molecular weight excluding hydrogens is 368 g/mol. The van der Waals surface area contributed by atoms with Crippen molar-refractivity contribution in [1.82, 2.24) is 15.1 Å². The average molecular weight is 401 g/mol. The molecule has 1 saturated heterocycles. The van der Waals surface area contributed by atoms with Crippen molar-refractivity contribution in [3.05, 3.63) is 29.8 Å². The molecule has 1 aromatic carbocycles. The van der Waals surface area contributed by atoms with Crippen LogP contribution in [-0.4, -0.2) is 54.3 Å². The van der Waals surface area contributed by atoms with Crippen LogP contribution in [0.2, 0.25) is 0 Å². The first kappa shape index (κ1) is 21.3. The third kappa shape index (κ3) is 5.79. The molecule has 3 rings (SSSR count). The lowest BCUT2D eigenvalue weighted by Crippen LogP contribution is -2.46. The molecule has 0 spiro atoms. The Balaban J connectivity index is 1.48. The van der Waals surface area contributed by atoms with Gasteiger partial charge in [-0.3, -0.25) is 14.5 Å². The summed E-state index contributed by atoms with van der Waals surface area (Å²) in [4.78, 5) is 39.3. The Bertz CT molecular complexity index is 710. The number of hydrogen-bond donors (Lipinski definition) is 2. The van der Waals surface area contributed by atoms with E-state index in [4.69, 9.17) is 0 Å². The Morgan fingerprint density at radius 2 is 1.69 bits per heavy atom. The molecule has 1 aromatic rings. The zero-order valence-electron chi connectivity index (χ0n) is 17.4. The summed E-state index contributed by atoms with van der Waals surface area (Å²) in [7, 11) is 4.15. The molecule has 4 amide bonds. The van der Waals surface area contributed by atoms with Crippen LogP contribution in [-0.2, 0) is 16.1 Å². The second-order valence-electron chi connectivity index (χ2n) is 8.33. The van der Waals surface area contributed by atoms with Crippen LogP contribution < -0.4 is 10.6 Å². The van der Waals surface area contributed by atoms with Gasteiger partial charge in [-0.05, 0) is 50.6 Å². The van der Waals surface area contributed by atoms with Gasteiger partial charge < -0.3 is 15.5 Å². The van der Waals surface area contributed by atoms with Crippen LogP contribution in [0.5, 0.6) is 0 Å². The third-order valence-corrected chi connectivity index (χ3v) is 6.04. The lowest BCUT2D eigenvalue weighted by Gasteiger charge is -2.34. The Kier molecular flexibility index (Phi) is 7.25. The monoisotopic (exact) mass is 400 g/mol. The van der Waals surface area contributed by atoms with Crippen LogP contribution in [0.3, 0.4) is 0 Å². The maximum atomic E-state index is 12.3. The summed E-state index contributed by atoms with van der Waals surface area (Å²) < 4.78 is 0. The Hall–Kier alpha value is -2.41. The number of benzene rings is 1. The molecule has 7 heteroatoms. The highest BCUT2D eigenvalue weighted by atomic mass is 16.2. The fourth-order valence-corrected chi connectivity index (χ4v) is 4.34. The summed E-state index contributed by atoms with van der Waals surface area (Å²) in [5.74, 6) is 0.393. The van der Waals surface area contributed by atoms with E-state index in [1.165, 1.54) is 37.0 Å². The highest BCUT2D eigenvalue weighted by Gasteiger charge is 2.28. The van der Waals surface area contributed by atoms with Crippen molar-refractivity contribution < 1.29 is 14.4 Å². The molecule has 1 atom stereocenters. The molecule has 1 aliphatic heterocycles. The van der Waals surface area contributed by atoms with Gasteiger partial charge in [0.25, 0.3) is 0 Å². The molecular formula is C22H32N4O3. The molecule has 29 heavy (non-hydrogen) atoms. The maximum Gasteiger partial charge on any atom is 0.319 e. The molecule has 2 aliphatic rings. The van der Waals surface area contributed by atoms with Crippen LogP contribution >= 0.6 is 0 Å². The molecule has 2 fully saturated rings. The number of imide groups is 1. The van der Waals surface area contributed by atoms with E-state index in [9.17, 15) is 14.4 Å². The first-order chi connectivity index (χ1) is 13.9. The minimum atomic E-state index is -0.217. The number of amides is 4. The van der Waals surface area contributed by atoms with Gasteiger partial charge in [-0.25, -0.2) is 4.79 Å². The molecule has 1 heterocycles. The van der Waals surface area contributed by atoms with Gasteiger partial charge in [0.05, 0.1) is 6.54 Å². The van der Waals surface area contributed by atoms with Gasteiger partial charge in [-0.15, -0.1) is 0 Å². The highest BCUT2D eigenvalue weighted by Crippen LogP contribution is 2.28. The topological polar surface area (TPSA) is 81.8 Å². The lowest BCUT2D eigenvalue weighted by atomic mass is 9.83. The van der Waals surface area contributed by atoms with E-state index in [2.05, 4.69) is 29.6 Å². The predicted octanol–water partition coefficient (Wildman–Crippen LogP) is 2.97.